The van der Waals surface area contributed by atoms with E-state index in [4.69, 9.17) is 15.3 Å². The molecule has 0 aliphatic heterocycles. The normalized spacial score (nSPS) is 13.8. The number of carboxylic acids is 1. The van der Waals surface area contributed by atoms with Gasteiger partial charge in [0.25, 0.3) is 0 Å². The first-order valence-corrected chi connectivity index (χ1v) is 4.38. The number of aliphatic hydroxyl groups excluding tert-OH is 2. The molecule has 0 heterocycles. The van der Waals surface area contributed by atoms with E-state index in [2.05, 4.69) is 0 Å². The van der Waals surface area contributed by atoms with Gasteiger partial charge in [-0.15, -0.1) is 0 Å². The van der Waals surface area contributed by atoms with E-state index in [9.17, 15) is 9.59 Å². The van der Waals surface area contributed by atoms with Crippen LogP contribution < -0.4 is 0 Å². The molecule has 5 nitrogen and oxygen atoms in total. The molecular formula is C6H11NaO5. The minimum absolute atomic E-state index is 0.0463. The summed E-state index contributed by atoms with van der Waals surface area (Å²) in [5.41, 5.74) is 0. The van der Waals surface area contributed by atoms with Gasteiger partial charge in [-0.1, -0.05) is 0 Å². The van der Waals surface area contributed by atoms with E-state index in [0.29, 0.717) is 27.9 Å². The quantitative estimate of drug-likeness (QED) is 0.457. The second-order valence-corrected chi connectivity index (χ2v) is 3.29. The van der Waals surface area contributed by atoms with Gasteiger partial charge in [-0.05, 0) is 6.92 Å². The van der Waals surface area contributed by atoms with Crippen LogP contribution in [0.4, 0.5) is 0 Å². The Kier molecular flexibility index (Phi) is 9.35. The summed E-state index contributed by atoms with van der Waals surface area (Å²) in [5, 5.41) is 24.1. The number of carbonyl (C=O) groups excluding carboxylic acids is 1. The van der Waals surface area contributed by atoms with Crippen LogP contribution in [0.5, 0.6) is 0 Å². The fraction of sp³-hybridized carbons (Fsp3) is 0.667. The number of carbonyl (C=O) groups is 2. The molecule has 0 spiro atoms. The maximum atomic E-state index is 9.96. The van der Waals surface area contributed by atoms with E-state index in [1.165, 1.54) is 13.8 Å². The number of aliphatic carboxylic acids is 1. The van der Waals surface area contributed by atoms with Gasteiger partial charge in [-0.25, -0.2) is 4.79 Å². The van der Waals surface area contributed by atoms with E-state index in [1.54, 1.807) is 0 Å². The second kappa shape index (κ2) is 7.70. The van der Waals surface area contributed by atoms with Crippen molar-refractivity contribution in [2.75, 3.05) is 0 Å². The van der Waals surface area contributed by atoms with Gasteiger partial charge in [-0.2, -0.15) is 0 Å². The van der Waals surface area contributed by atoms with Crippen LogP contribution in [-0.2, 0) is 9.59 Å². The Labute approximate surface area is 87.8 Å². The van der Waals surface area contributed by atoms with Crippen LogP contribution in [0.1, 0.15) is 13.8 Å². The van der Waals surface area contributed by atoms with Gasteiger partial charge in [0.05, 0.1) is 0 Å². The summed E-state index contributed by atoms with van der Waals surface area (Å²) in [6.07, 6.45) is -1.96. The molecular weight excluding hydrogens is 175 g/mol. The minimum atomic E-state index is -1.23. The molecule has 0 aromatic heterocycles. The van der Waals surface area contributed by atoms with Crippen molar-refractivity contribution < 1.29 is 24.9 Å². The van der Waals surface area contributed by atoms with Crippen LogP contribution in [0.3, 0.4) is 0 Å². The Bertz CT molecular complexity index is 136. The molecule has 0 rings (SSSR count). The van der Waals surface area contributed by atoms with Gasteiger partial charge in [0, 0.05) is 0 Å². The summed E-state index contributed by atoms with van der Waals surface area (Å²) in [6.45, 7) is 2.68. The summed E-state index contributed by atoms with van der Waals surface area (Å²) in [4.78, 5) is 19.4. The molecule has 0 saturated carbocycles. The number of hydrogen-bond acceptors (Lipinski definition) is 4. The molecule has 0 amide bonds. The van der Waals surface area contributed by atoms with Gasteiger partial charge in [-0.3, -0.25) is 0 Å². The zero-order chi connectivity index (χ0) is 10.3. The van der Waals surface area contributed by atoms with Crippen LogP contribution >= 0.6 is 0 Å². The average molecular weight is 186 g/mol. The molecule has 66 valence electrons. The third kappa shape index (κ3) is 12.7. The Morgan fingerprint density at radius 1 is 1.17 bits per heavy atom. The maximum absolute atomic E-state index is 9.96. The molecule has 6 heteroatoms. The van der Waals surface area contributed by atoms with Crippen molar-refractivity contribution in [3.63, 3.8) is 0 Å². The topological polar surface area (TPSA) is 94.8 Å². The molecule has 0 aliphatic carbocycles. The summed E-state index contributed by atoms with van der Waals surface area (Å²) in [7, 11) is 0. The molecule has 12 heavy (non-hydrogen) atoms. The van der Waals surface area contributed by atoms with Gasteiger partial charge in [0.15, 0.2) is 0 Å². The monoisotopic (exact) mass is 186 g/mol. The van der Waals surface area contributed by atoms with Crippen LogP contribution in [0.25, 0.3) is 0 Å². The number of rotatable bonds is 2. The standard InChI is InChI=1S/C3H6O3.C3H5O2.Na/c1-2(4)3(5)6;1-3(5)2-4;/h2,4H,1H3,(H,5,6);3,5H,1H3;. The number of carboxylic acid groups (broad SMARTS) is 1. The van der Waals surface area contributed by atoms with Crippen molar-refractivity contribution in [3.8, 4) is 0 Å². The third-order valence-electron chi connectivity index (χ3n) is 0.946. The molecule has 0 fully saturated rings. The molecule has 0 aliphatic rings. The van der Waals surface area contributed by atoms with E-state index >= 15 is 0 Å². The fourth-order valence-electron chi connectivity index (χ4n) is 0. The Hall–Kier alpha value is 0.0600. The number of aliphatic hydroxyl groups is 2. The van der Waals surface area contributed by atoms with Gasteiger partial charge >= 0.3 is 59.9 Å². The summed E-state index contributed by atoms with van der Waals surface area (Å²) in [6, 6.07) is 0. The zero-order valence-corrected chi connectivity index (χ0v) is 9.31. The number of hydrogen-bond donors (Lipinski definition) is 3. The van der Waals surface area contributed by atoms with E-state index in [0.717, 1.165) is 0 Å². The summed E-state index contributed by atoms with van der Waals surface area (Å²) < 4.78 is -0.0463. The zero-order valence-electron chi connectivity index (χ0n) is 7.31. The predicted molar refractivity (Wildman–Crippen MR) is 41.8 cm³/mol. The van der Waals surface area contributed by atoms with Gasteiger partial charge in [0.1, 0.15) is 6.10 Å². The summed E-state index contributed by atoms with van der Waals surface area (Å²) in [5.74, 6) is -1.19. The molecule has 0 bridgehead atoms. The Balaban J connectivity index is 0. The first kappa shape index (κ1) is 14.6. The van der Waals surface area contributed by atoms with Crippen molar-refractivity contribution in [3.05, 3.63) is 0 Å². The van der Waals surface area contributed by atoms with Gasteiger partial charge < -0.3 is 10.2 Å². The predicted octanol–water partition coefficient (Wildman–Crippen LogP) is -1.49. The molecule has 0 saturated heterocycles. The second-order valence-electron chi connectivity index (χ2n) is 2.30. The van der Waals surface area contributed by atoms with Crippen LogP contribution in [0.15, 0.2) is 0 Å². The van der Waals surface area contributed by atoms with Crippen LogP contribution in [-0.4, -0.2) is 64.5 Å². The average Bonchev–Trinajstić information content (AvgIpc) is 1.88. The van der Waals surface area contributed by atoms with E-state index in [-0.39, 0.29) is 3.03 Å². The molecule has 2 atom stereocenters. The van der Waals surface area contributed by atoms with Crippen LogP contribution in [0, 0.1) is 0 Å². The Morgan fingerprint density at radius 3 is 1.33 bits per heavy atom. The van der Waals surface area contributed by atoms with E-state index < -0.39 is 18.2 Å². The molecule has 0 aromatic carbocycles. The SMILES string of the molecule is CC(O)C(=O)O.CC(O)[C](=O)[Na]. The first-order chi connectivity index (χ1) is 5.29. The van der Waals surface area contributed by atoms with Crippen molar-refractivity contribution >= 4 is 36.9 Å². The van der Waals surface area contributed by atoms with E-state index in [1.807, 2.05) is 0 Å². The molecule has 0 aromatic rings. The third-order valence-corrected chi connectivity index (χ3v) is 1.78. The first-order valence-electron chi connectivity index (χ1n) is 3.38. The molecule has 3 N–H and O–H groups in total. The van der Waals surface area contributed by atoms with Crippen LogP contribution in [0.2, 0.25) is 0 Å². The fourth-order valence-corrected chi connectivity index (χ4v) is 0. The van der Waals surface area contributed by atoms with Crippen molar-refractivity contribution in [1.29, 1.82) is 0 Å². The van der Waals surface area contributed by atoms with Gasteiger partial charge in [0.2, 0.25) is 0 Å². The Morgan fingerprint density at radius 2 is 1.33 bits per heavy atom. The summed E-state index contributed by atoms with van der Waals surface area (Å²) >= 11 is 0.465. The molecule has 0 radical (unpaired) electrons. The van der Waals surface area contributed by atoms with Crippen molar-refractivity contribution in [1.82, 2.24) is 0 Å². The van der Waals surface area contributed by atoms with Crippen molar-refractivity contribution in [2.45, 2.75) is 26.1 Å². The van der Waals surface area contributed by atoms with Crippen molar-refractivity contribution in [2.24, 2.45) is 0 Å². The molecule has 2 unspecified atom stereocenters.